The predicted molar refractivity (Wildman–Crippen MR) is 105 cm³/mol. The summed E-state index contributed by atoms with van der Waals surface area (Å²) < 4.78 is 54.3. The van der Waals surface area contributed by atoms with E-state index in [2.05, 4.69) is 9.71 Å². The molecule has 28 heavy (non-hydrogen) atoms. The third-order valence-corrected chi connectivity index (χ3v) is 8.33. The van der Waals surface area contributed by atoms with Crippen molar-refractivity contribution >= 4 is 25.9 Å². The first-order valence-corrected chi connectivity index (χ1v) is 12.1. The Hall–Kier alpha value is -2.01. The topological polar surface area (TPSA) is 99.7 Å². The second kappa shape index (κ2) is 7.43. The van der Waals surface area contributed by atoms with Crippen LogP contribution in [0.2, 0.25) is 0 Å². The molecule has 1 aromatic heterocycles. The smallest absolute Gasteiger partial charge is 0.243 e. The van der Waals surface area contributed by atoms with Gasteiger partial charge in [-0.15, -0.1) is 0 Å². The average Bonchev–Trinajstić information content (AvgIpc) is 3.52. The lowest BCUT2D eigenvalue weighted by Crippen LogP contribution is -2.48. The number of benzene rings is 1. The Balaban J connectivity index is 1.45. The molecule has 10 heteroatoms. The Labute approximate surface area is 165 Å². The van der Waals surface area contributed by atoms with Crippen molar-refractivity contribution in [2.45, 2.75) is 28.7 Å². The van der Waals surface area contributed by atoms with Gasteiger partial charge in [0.1, 0.15) is 5.82 Å². The van der Waals surface area contributed by atoms with E-state index in [1.165, 1.54) is 28.6 Å². The van der Waals surface area contributed by atoms with Crippen molar-refractivity contribution in [1.82, 2.24) is 14.0 Å². The first-order chi connectivity index (χ1) is 13.4. The molecule has 1 saturated carbocycles. The Morgan fingerprint density at radius 1 is 0.857 bits per heavy atom. The summed E-state index contributed by atoms with van der Waals surface area (Å²) in [5, 5.41) is 0. The van der Waals surface area contributed by atoms with E-state index in [1.807, 2.05) is 23.1 Å². The SMILES string of the molecule is O=S(=O)(NC1CC1)c1ccc(S(=O)(=O)N2CCN(c3ccccn3)CC2)cc1. The maximum absolute atomic E-state index is 12.9. The van der Waals surface area contributed by atoms with Crippen molar-refractivity contribution in [3.63, 3.8) is 0 Å². The van der Waals surface area contributed by atoms with E-state index >= 15 is 0 Å². The molecular formula is C18H22N4O4S2. The molecule has 0 spiro atoms. The van der Waals surface area contributed by atoms with Gasteiger partial charge in [-0.25, -0.2) is 26.5 Å². The summed E-state index contributed by atoms with van der Waals surface area (Å²) in [6, 6.07) is 11.1. The van der Waals surface area contributed by atoms with Crippen LogP contribution in [0.15, 0.2) is 58.5 Å². The zero-order valence-corrected chi connectivity index (χ0v) is 16.9. The van der Waals surface area contributed by atoms with Crippen molar-refractivity contribution in [3.8, 4) is 0 Å². The normalized spacial score (nSPS) is 18.9. The Bertz CT molecular complexity index is 1030. The van der Waals surface area contributed by atoms with E-state index in [0.717, 1.165) is 18.7 Å². The lowest BCUT2D eigenvalue weighted by molar-refractivity contribution is 0.384. The molecule has 0 radical (unpaired) electrons. The van der Waals surface area contributed by atoms with Crippen LogP contribution in [0.5, 0.6) is 0 Å². The van der Waals surface area contributed by atoms with Crippen LogP contribution in [-0.2, 0) is 20.0 Å². The van der Waals surface area contributed by atoms with Crippen LogP contribution < -0.4 is 9.62 Å². The number of hydrogen-bond donors (Lipinski definition) is 1. The van der Waals surface area contributed by atoms with Crippen LogP contribution in [0.4, 0.5) is 5.82 Å². The van der Waals surface area contributed by atoms with Gasteiger partial charge >= 0.3 is 0 Å². The van der Waals surface area contributed by atoms with Crippen LogP contribution in [0.3, 0.4) is 0 Å². The first-order valence-electron chi connectivity index (χ1n) is 9.15. The van der Waals surface area contributed by atoms with Gasteiger partial charge in [-0.05, 0) is 49.2 Å². The van der Waals surface area contributed by atoms with Gasteiger partial charge in [0.25, 0.3) is 0 Å². The summed E-state index contributed by atoms with van der Waals surface area (Å²) in [5.41, 5.74) is 0. The number of rotatable bonds is 6. The van der Waals surface area contributed by atoms with Crippen LogP contribution >= 0.6 is 0 Å². The fourth-order valence-electron chi connectivity index (χ4n) is 3.13. The Kier molecular flexibility index (Phi) is 5.13. The van der Waals surface area contributed by atoms with Gasteiger partial charge in [0, 0.05) is 38.4 Å². The summed E-state index contributed by atoms with van der Waals surface area (Å²) in [5.74, 6) is 0.831. The molecule has 2 aliphatic rings. The molecule has 2 aromatic rings. The standard InChI is InChI=1S/C18H22N4O4S2/c23-27(24,20-15-4-5-15)16-6-8-17(9-7-16)28(25,26)22-13-11-21(12-14-22)18-3-1-2-10-19-18/h1-3,6-10,15,20H,4-5,11-14H2. The quantitative estimate of drug-likeness (QED) is 0.747. The molecule has 0 atom stereocenters. The Morgan fingerprint density at radius 2 is 1.50 bits per heavy atom. The summed E-state index contributed by atoms with van der Waals surface area (Å²) in [6.07, 6.45) is 3.40. The molecule has 1 aromatic carbocycles. The van der Waals surface area contributed by atoms with Gasteiger partial charge in [0.15, 0.2) is 0 Å². The van der Waals surface area contributed by atoms with E-state index in [1.54, 1.807) is 6.20 Å². The minimum Gasteiger partial charge on any atom is -0.354 e. The fourth-order valence-corrected chi connectivity index (χ4v) is 5.85. The number of nitrogens with zero attached hydrogens (tertiary/aromatic N) is 3. The molecule has 1 aliphatic heterocycles. The molecule has 4 rings (SSSR count). The van der Waals surface area contributed by atoms with E-state index in [9.17, 15) is 16.8 Å². The molecule has 2 fully saturated rings. The maximum Gasteiger partial charge on any atom is 0.243 e. The second-order valence-electron chi connectivity index (χ2n) is 6.95. The fraction of sp³-hybridized carbons (Fsp3) is 0.389. The maximum atomic E-state index is 12.9. The van der Waals surface area contributed by atoms with Crippen molar-refractivity contribution in [3.05, 3.63) is 48.7 Å². The van der Waals surface area contributed by atoms with E-state index < -0.39 is 20.0 Å². The molecule has 150 valence electrons. The monoisotopic (exact) mass is 422 g/mol. The second-order valence-corrected chi connectivity index (χ2v) is 10.6. The molecule has 8 nitrogen and oxygen atoms in total. The highest BCUT2D eigenvalue weighted by atomic mass is 32.2. The zero-order valence-electron chi connectivity index (χ0n) is 15.2. The molecule has 0 bridgehead atoms. The lowest BCUT2D eigenvalue weighted by atomic mass is 10.3. The number of anilines is 1. The van der Waals surface area contributed by atoms with Crippen molar-refractivity contribution in [1.29, 1.82) is 0 Å². The Morgan fingerprint density at radius 3 is 2.07 bits per heavy atom. The van der Waals surface area contributed by atoms with Gasteiger partial charge in [0.05, 0.1) is 9.79 Å². The number of aromatic nitrogens is 1. The zero-order chi connectivity index (χ0) is 19.8. The van der Waals surface area contributed by atoms with Crippen molar-refractivity contribution in [2.75, 3.05) is 31.1 Å². The van der Waals surface area contributed by atoms with Gasteiger partial charge in [-0.1, -0.05) is 6.07 Å². The lowest BCUT2D eigenvalue weighted by Gasteiger charge is -2.34. The van der Waals surface area contributed by atoms with Crippen molar-refractivity contribution in [2.24, 2.45) is 0 Å². The van der Waals surface area contributed by atoms with E-state index in [4.69, 9.17) is 0 Å². The number of hydrogen-bond acceptors (Lipinski definition) is 6. The number of sulfonamides is 2. The van der Waals surface area contributed by atoms with Crippen LogP contribution in [0.1, 0.15) is 12.8 Å². The number of nitrogens with one attached hydrogen (secondary N) is 1. The predicted octanol–water partition coefficient (Wildman–Crippen LogP) is 1.03. The molecule has 2 heterocycles. The molecule has 1 aliphatic carbocycles. The van der Waals surface area contributed by atoms with Gasteiger partial charge in [0.2, 0.25) is 20.0 Å². The highest BCUT2D eigenvalue weighted by molar-refractivity contribution is 7.89. The first kappa shape index (κ1) is 19.3. The van der Waals surface area contributed by atoms with E-state index in [0.29, 0.717) is 26.2 Å². The summed E-state index contributed by atoms with van der Waals surface area (Å²) in [7, 11) is -7.26. The highest BCUT2D eigenvalue weighted by Gasteiger charge is 2.30. The van der Waals surface area contributed by atoms with Crippen molar-refractivity contribution < 1.29 is 16.8 Å². The minimum absolute atomic E-state index is 0.00353. The third-order valence-electron chi connectivity index (χ3n) is 4.88. The van der Waals surface area contributed by atoms with Gasteiger partial charge in [-0.3, -0.25) is 0 Å². The summed E-state index contributed by atoms with van der Waals surface area (Å²) >= 11 is 0. The van der Waals surface area contributed by atoms with E-state index in [-0.39, 0.29) is 15.8 Å². The highest BCUT2D eigenvalue weighted by Crippen LogP contribution is 2.24. The summed E-state index contributed by atoms with van der Waals surface area (Å²) in [4.78, 5) is 6.53. The number of pyridine rings is 1. The molecule has 0 amide bonds. The largest absolute Gasteiger partial charge is 0.354 e. The molecule has 0 unspecified atom stereocenters. The van der Waals surface area contributed by atoms with Gasteiger partial charge < -0.3 is 4.90 Å². The number of piperazine rings is 1. The van der Waals surface area contributed by atoms with Crippen LogP contribution in [0, 0.1) is 0 Å². The van der Waals surface area contributed by atoms with Crippen LogP contribution in [-0.4, -0.2) is 58.3 Å². The van der Waals surface area contributed by atoms with Crippen LogP contribution in [0.25, 0.3) is 0 Å². The molecule has 1 saturated heterocycles. The summed E-state index contributed by atoms with van der Waals surface area (Å²) in [6.45, 7) is 1.80. The molecule has 1 N–H and O–H groups in total. The molecular weight excluding hydrogens is 400 g/mol. The third kappa shape index (κ3) is 4.04. The average molecular weight is 423 g/mol. The van der Waals surface area contributed by atoms with Gasteiger partial charge in [-0.2, -0.15) is 4.31 Å². The minimum atomic E-state index is -3.67.